The molecule has 19 heavy (non-hydrogen) atoms. The molecule has 1 aromatic heterocycles. The number of nitrogen functional groups attached to an aromatic ring is 2. The first-order chi connectivity index (χ1) is 9.01. The van der Waals surface area contributed by atoms with E-state index in [1.165, 1.54) is 6.20 Å². The summed E-state index contributed by atoms with van der Waals surface area (Å²) in [6.07, 6.45) is 1.45. The smallest absolute Gasteiger partial charge is 0.222 e. The maximum atomic E-state index is 5.73. The quantitative estimate of drug-likeness (QED) is 0.803. The van der Waals surface area contributed by atoms with Crippen molar-refractivity contribution in [3.05, 3.63) is 27.5 Å². The van der Waals surface area contributed by atoms with Gasteiger partial charge >= 0.3 is 0 Å². The molecular weight excluding hydrogens is 359 g/mol. The number of rotatable bonds is 3. The van der Waals surface area contributed by atoms with Crippen LogP contribution in [0.25, 0.3) is 0 Å². The minimum atomic E-state index is 0.117. The van der Waals surface area contributed by atoms with Crippen LogP contribution in [0, 0.1) is 10.5 Å². The van der Waals surface area contributed by atoms with Gasteiger partial charge in [-0.15, -0.1) is 0 Å². The van der Waals surface area contributed by atoms with Crippen molar-refractivity contribution in [1.29, 1.82) is 0 Å². The molecule has 0 saturated carbocycles. The zero-order valence-electron chi connectivity index (χ0n) is 10.5. The molecule has 1 aromatic carbocycles. The molecule has 0 bridgehead atoms. The Balaban J connectivity index is 2.35. The van der Waals surface area contributed by atoms with Crippen molar-refractivity contribution in [2.75, 3.05) is 18.6 Å². The van der Waals surface area contributed by atoms with Gasteiger partial charge in [0.15, 0.2) is 11.6 Å². The first-order valence-electron chi connectivity index (χ1n) is 5.41. The van der Waals surface area contributed by atoms with Crippen LogP contribution < -0.4 is 20.9 Å². The van der Waals surface area contributed by atoms with E-state index in [2.05, 4.69) is 32.6 Å². The Kier molecular flexibility index (Phi) is 3.93. The molecule has 0 saturated heterocycles. The van der Waals surface area contributed by atoms with Crippen molar-refractivity contribution in [3.63, 3.8) is 0 Å². The minimum absolute atomic E-state index is 0.117. The van der Waals surface area contributed by atoms with Gasteiger partial charge in [0.1, 0.15) is 11.5 Å². The van der Waals surface area contributed by atoms with Crippen LogP contribution in [-0.4, -0.2) is 17.1 Å². The average Bonchev–Trinajstić information content (AvgIpc) is 2.36. The van der Waals surface area contributed by atoms with Gasteiger partial charge in [0.2, 0.25) is 5.95 Å². The number of nitrogens with two attached hydrogens (primary N) is 2. The van der Waals surface area contributed by atoms with Crippen molar-refractivity contribution in [1.82, 2.24) is 9.97 Å². The van der Waals surface area contributed by atoms with Crippen LogP contribution in [0.15, 0.2) is 18.3 Å². The highest BCUT2D eigenvalue weighted by atomic mass is 127. The fraction of sp³-hybridized carbons (Fsp3) is 0.167. The fourth-order valence-electron chi connectivity index (χ4n) is 1.50. The highest BCUT2D eigenvalue weighted by molar-refractivity contribution is 14.1. The summed E-state index contributed by atoms with van der Waals surface area (Å²) >= 11 is 2.17. The zero-order valence-corrected chi connectivity index (χ0v) is 12.6. The summed E-state index contributed by atoms with van der Waals surface area (Å²) in [7, 11) is 1.63. The van der Waals surface area contributed by atoms with E-state index in [-0.39, 0.29) is 11.8 Å². The molecule has 2 rings (SSSR count). The lowest BCUT2D eigenvalue weighted by Crippen LogP contribution is -2.02. The Morgan fingerprint density at radius 3 is 2.53 bits per heavy atom. The van der Waals surface area contributed by atoms with E-state index in [0.29, 0.717) is 11.5 Å². The van der Waals surface area contributed by atoms with Crippen LogP contribution in [0.2, 0.25) is 0 Å². The van der Waals surface area contributed by atoms with Crippen molar-refractivity contribution in [2.45, 2.75) is 6.92 Å². The molecule has 0 spiro atoms. The van der Waals surface area contributed by atoms with E-state index in [9.17, 15) is 0 Å². The van der Waals surface area contributed by atoms with E-state index in [1.807, 2.05) is 19.1 Å². The highest BCUT2D eigenvalue weighted by Gasteiger charge is 2.10. The summed E-state index contributed by atoms with van der Waals surface area (Å²) in [4.78, 5) is 7.71. The summed E-state index contributed by atoms with van der Waals surface area (Å²) in [5, 5.41) is 0. The molecule has 100 valence electrons. The summed E-state index contributed by atoms with van der Waals surface area (Å²) < 4.78 is 11.9. The Labute approximate surface area is 124 Å². The molecule has 2 aromatic rings. The number of benzene rings is 1. The largest absolute Gasteiger partial charge is 0.496 e. The van der Waals surface area contributed by atoms with E-state index < -0.39 is 0 Å². The lowest BCUT2D eigenvalue weighted by atomic mass is 10.2. The van der Waals surface area contributed by atoms with Gasteiger partial charge in [0, 0.05) is 0 Å². The standard InChI is InChI=1S/C12H13IN4O2/c1-6-3-9(18-2)7(13)4-8(6)19-10-5-16-12(15)17-11(10)14/h3-5H,1-2H3,(H4,14,15,16,17). The minimum Gasteiger partial charge on any atom is -0.496 e. The zero-order chi connectivity index (χ0) is 14.0. The molecule has 0 unspecified atom stereocenters. The number of aryl methyl sites for hydroxylation is 1. The molecule has 0 atom stereocenters. The van der Waals surface area contributed by atoms with Gasteiger partial charge in [0.25, 0.3) is 0 Å². The van der Waals surface area contributed by atoms with E-state index >= 15 is 0 Å². The van der Waals surface area contributed by atoms with E-state index in [1.54, 1.807) is 7.11 Å². The lowest BCUT2D eigenvalue weighted by Gasteiger charge is -2.12. The summed E-state index contributed by atoms with van der Waals surface area (Å²) in [6, 6.07) is 3.76. The van der Waals surface area contributed by atoms with Crippen molar-refractivity contribution >= 4 is 34.4 Å². The van der Waals surface area contributed by atoms with Crippen LogP contribution in [0.5, 0.6) is 17.2 Å². The van der Waals surface area contributed by atoms with Gasteiger partial charge < -0.3 is 20.9 Å². The normalized spacial score (nSPS) is 10.3. The summed E-state index contributed by atoms with van der Waals surface area (Å²) in [5.41, 5.74) is 12.1. The molecular formula is C12H13IN4O2. The van der Waals surface area contributed by atoms with Crippen LogP contribution in [0.3, 0.4) is 0 Å². The van der Waals surface area contributed by atoms with Gasteiger partial charge in [-0.3, -0.25) is 0 Å². The van der Waals surface area contributed by atoms with Crippen molar-refractivity contribution in [2.24, 2.45) is 0 Å². The maximum absolute atomic E-state index is 5.73. The molecule has 0 aliphatic carbocycles. The summed E-state index contributed by atoms with van der Waals surface area (Å²) in [5.74, 6) is 2.17. The average molecular weight is 372 g/mol. The monoisotopic (exact) mass is 372 g/mol. The Bertz CT molecular complexity index is 619. The van der Waals surface area contributed by atoms with Crippen LogP contribution in [0.4, 0.5) is 11.8 Å². The number of ether oxygens (including phenoxy) is 2. The molecule has 0 radical (unpaired) electrons. The molecule has 4 N–H and O–H groups in total. The Morgan fingerprint density at radius 2 is 1.89 bits per heavy atom. The Hall–Kier alpha value is -1.77. The predicted octanol–water partition coefficient (Wildman–Crippen LogP) is 2.35. The second kappa shape index (κ2) is 5.47. The number of aromatic nitrogens is 2. The SMILES string of the molecule is COc1cc(C)c(Oc2cnc(N)nc2N)cc1I. The van der Waals surface area contributed by atoms with Gasteiger partial charge in [-0.25, -0.2) is 4.98 Å². The van der Waals surface area contributed by atoms with Gasteiger partial charge in [-0.2, -0.15) is 4.98 Å². The van der Waals surface area contributed by atoms with Gasteiger partial charge in [-0.05, 0) is 47.2 Å². The third-order valence-corrected chi connectivity index (χ3v) is 3.31. The van der Waals surface area contributed by atoms with Crippen LogP contribution in [-0.2, 0) is 0 Å². The molecule has 0 amide bonds. The van der Waals surface area contributed by atoms with Crippen molar-refractivity contribution in [3.8, 4) is 17.2 Å². The number of anilines is 2. The topological polar surface area (TPSA) is 96.3 Å². The molecule has 0 aliphatic rings. The number of nitrogens with zero attached hydrogens (tertiary/aromatic N) is 2. The van der Waals surface area contributed by atoms with E-state index in [4.69, 9.17) is 20.9 Å². The highest BCUT2D eigenvalue weighted by Crippen LogP contribution is 2.33. The molecule has 6 nitrogen and oxygen atoms in total. The number of methoxy groups -OCH3 is 1. The first kappa shape index (κ1) is 13.7. The van der Waals surface area contributed by atoms with Gasteiger partial charge in [-0.1, -0.05) is 0 Å². The second-order valence-corrected chi connectivity index (χ2v) is 4.99. The number of hydrogen-bond donors (Lipinski definition) is 2. The lowest BCUT2D eigenvalue weighted by molar-refractivity contribution is 0.409. The third-order valence-electron chi connectivity index (χ3n) is 2.47. The Morgan fingerprint density at radius 1 is 1.16 bits per heavy atom. The molecule has 0 aliphatic heterocycles. The third kappa shape index (κ3) is 2.98. The molecule has 0 fully saturated rings. The fourth-order valence-corrected chi connectivity index (χ4v) is 2.16. The van der Waals surface area contributed by atoms with Crippen LogP contribution in [0.1, 0.15) is 5.56 Å². The van der Waals surface area contributed by atoms with Gasteiger partial charge in [0.05, 0.1) is 16.9 Å². The number of hydrogen-bond acceptors (Lipinski definition) is 6. The van der Waals surface area contributed by atoms with E-state index in [0.717, 1.165) is 14.9 Å². The molecule has 7 heteroatoms. The first-order valence-corrected chi connectivity index (χ1v) is 6.49. The molecule has 1 heterocycles. The van der Waals surface area contributed by atoms with Crippen molar-refractivity contribution < 1.29 is 9.47 Å². The maximum Gasteiger partial charge on any atom is 0.222 e. The predicted molar refractivity (Wildman–Crippen MR) is 81.4 cm³/mol. The number of halogens is 1. The summed E-state index contributed by atoms with van der Waals surface area (Å²) in [6.45, 7) is 1.92. The second-order valence-electron chi connectivity index (χ2n) is 3.83. The van der Waals surface area contributed by atoms with Crippen LogP contribution >= 0.6 is 22.6 Å².